The predicted octanol–water partition coefficient (Wildman–Crippen LogP) is 2.42. The zero-order valence-electron chi connectivity index (χ0n) is 8.71. The summed E-state index contributed by atoms with van der Waals surface area (Å²) in [6.45, 7) is 0. The first-order valence-corrected chi connectivity index (χ1v) is 4.94. The third kappa shape index (κ3) is 2.50. The van der Waals surface area contributed by atoms with Gasteiger partial charge in [0.05, 0.1) is 35.4 Å². The van der Waals surface area contributed by atoms with E-state index in [9.17, 15) is 13.6 Å². The Morgan fingerprint density at radius 3 is 2.76 bits per heavy atom. The summed E-state index contributed by atoms with van der Waals surface area (Å²) in [5.74, 6) is -1.21. The topological polar surface area (TPSA) is 63.0 Å². The molecule has 0 spiro atoms. The Morgan fingerprint density at radius 2 is 2.35 bits per heavy atom. The number of alkyl halides is 3. The Hall–Kier alpha value is -1.74. The highest BCUT2D eigenvalue weighted by atomic mass is 35.5. The van der Waals surface area contributed by atoms with Crippen LogP contribution in [-0.2, 0) is 10.6 Å². The summed E-state index contributed by atoms with van der Waals surface area (Å²) in [4.78, 5) is 15.1. The molecule has 0 saturated heterocycles. The average molecular weight is 261 g/mol. The van der Waals surface area contributed by atoms with Crippen molar-refractivity contribution in [3.63, 3.8) is 0 Å². The minimum absolute atomic E-state index is 0.0344. The van der Waals surface area contributed by atoms with Crippen molar-refractivity contribution >= 4 is 17.6 Å². The van der Waals surface area contributed by atoms with Gasteiger partial charge in [0.1, 0.15) is 6.07 Å². The van der Waals surface area contributed by atoms with Crippen LogP contribution in [0.4, 0.5) is 8.78 Å². The largest absolute Gasteiger partial charge is 0.465 e. The van der Waals surface area contributed by atoms with Crippen molar-refractivity contribution in [1.29, 1.82) is 5.26 Å². The summed E-state index contributed by atoms with van der Waals surface area (Å²) in [7, 11) is 1.05. The van der Waals surface area contributed by atoms with E-state index in [2.05, 4.69) is 9.72 Å². The van der Waals surface area contributed by atoms with Crippen LogP contribution in [0.1, 0.15) is 33.6 Å². The van der Waals surface area contributed by atoms with E-state index < -0.39 is 23.5 Å². The van der Waals surface area contributed by atoms with Crippen LogP contribution < -0.4 is 0 Å². The smallest absolute Gasteiger partial charge is 0.340 e. The van der Waals surface area contributed by atoms with E-state index in [4.69, 9.17) is 16.9 Å². The molecule has 1 heterocycles. The van der Waals surface area contributed by atoms with Gasteiger partial charge in [-0.1, -0.05) is 0 Å². The van der Waals surface area contributed by atoms with Crippen LogP contribution in [0.15, 0.2) is 6.20 Å². The number of rotatable bonds is 3. The Labute approximate surface area is 101 Å². The summed E-state index contributed by atoms with van der Waals surface area (Å²) in [6, 6.07) is 1.55. The minimum Gasteiger partial charge on any atom is -0.465 e. The predicted molar refractivity (Wildman–Crippen MR) is 54.8 cm³/mol. The molecule has 0 atom stereocenters. The fourth-order valence-electron chi connectivity index (χ4n) is 1.31. The molecular weight excluding hydrogens is 254 g/mol. The van der Waals surface area contributed by atoms with Gasteiger partial charge in [0.25, 0.3) is 6.43 Å². The van der Waals surface area contributed by atoms with E-state index >= 15 is 0 Å². The zero-order chi connectivity index (χ0) is 13.0. The number of nitriles is 1. The van der Waals surface area contributed by atoms with E-state index in [0.29, 0.717) is 0 Å². The number of nitrogens with zero attached hydrogens (tertiary/aromatic N) is 2. The Kier molecular flexibility index (Phi) is 4.35. The van der Waals surface area contributed by atoms with Crippen molar-refractivity contribution in [2.45, 2.75) is 12.3 Å². The Morgan fingerprint density at radius 1 is 1.71 bits per heavy atom. The van der Waals surface area contributed by atoms with Crippen molar-refractivity contribution in [2.75, 3.05) is 7.11 Å². The van der Waals surface area contributed by atoms with Crippen molar-refractivity contribution in [3.8, 4) is 6.07 Å². The highest BCUT2D eigenvalue weighted by Crippen LogP contribution is 2.29. The fraction of sp³-hybridized carbons (Fsp3) is 0.300. The molecule has 0 fully saturated rings. The fourth-order valence-corrected chi connectivity index (χ4v) is 1.52. The van der Waals surface area contributed by atoms with Gasteiger partial charge >= 0.3 is 5.97 Å². The minimum atomic E-state index is -2.98. The number of carbonyl (C=O) groups is 1. The molecule has 0 aliphatic carbocycles. The number of pyridine rings is 1. The maximum atomic E-state index is 12.9. The lowest BCUT2D eigenvalue weighted by Crippen LogP contribution is -2.13. The molecule has 1 aromatic heterocycles. The van der Waals surface area contributed by atoms with Crippen LogP contribution in [0.2, 0.25) is 0 Å². The molecule has 0 amide bonds. The van der Waals surface area contributed by atoms with Crippen molar-refractivity contribution in [3.05, 3.63) is 28.6 Å². The third-order valence-corrected chi connectivity index (χ3v) is 2.31. The lowest BCUT2D eigenvalue weighted by Gasteiger charge is -2.11. The molecule has 0 aliphatic rings. The standard InChI is InChI=1S/C10H7ClF2N2O2/c1-17-10(16)8-6(2-11)15-4-5(3-14)7(8)9(12)13/h4,9H,2H2,1H3. The van der Waals surface area contributed by atoms with Gasteiger partial charge in [-0.25, -0.2) is 13.6 Å². The Bertz CT molecular complexity index is 486. The highest BCUT2D eigenvalue weighted by molar-refractivity contribution is 6.17. The van der Waals surface area contributed by atoms with Crippen molar-refractivity contribution < 1.29 is 18.3 Å². The summed E-state index contributed by atoms with van der Waals surface area (Å²) in [5.41, 5.74) is -1.52. The maximum absolute atomic E-state index is 12.9. The molecule has 0 N–H and O–H groups in total. The van der Waals surface area contributed by atoms with Gasteiger partial charge in [-0.05, 0) is 0 Å². The van der Waals surface area contributed by atoms with E-state index in [1.54, 1.807) is 6.07 Å². The molecule has 4 nitrogen and oxygen atoms in total. The summed E-state index contributed by atoms with van der Waals surface area (Å²) < 4.78 is 30.1. The molecule has 1 aromatic rings. The number of hydrogen-bond acceptors (Lipinski definition) is 4. The van der Waals surface area contributed by atoms with Crippen molar-refractivity contribution in [1.82, 2.24) is 4.98 Å². The molecule has 1 rings (SSSR count). The van der Waals surface area contributed by atoms with Crippen LogP contribution in [0, 0.1) is 11.3 Å². The molecule has 0 aromatic carbocycles. The summed E-state index contributed by atoms with van der Waals surface area (Å²) >= 11 is 5.51. The average Bonchev–Trinajstić information content (AvgIpc) is 2.35. The van der Waals surface area contributed by atoms with Crippen LogP contribution >= 0.6 is 11.6 Å². The maximum Gasteiger partial charge on any atom is 0.340 e. The molecule has 0 radical (unpaired) electrons. The first kappa shape index (κ1) is 13.3. The van der Waals surface area contributed by atoms with Gasteiger partial charge < -0.3 is 4.74 Å². The molecule has 0 unspecified atom stereocenters. The second kappa shape index (κ2) is 5.55. The van der Waals surface area contributed by atoms with E-state index in [1.165, 1.54) is 0 Å². The number of aromatic nitrogens is 1. The highest BCUT2D eigenvalue weighted by Gasteiger charge is 2.26. The van der Waals surface area contributed by atoms with Gasteiger partial charge in [0, 0.05) is 6.20 Å². The van der Waals surface area contributed by atoms with Gasteiger partial charge in [0.15, 0.2) is 0 Å². The molecule has 7 heteroatoms. The number of ether oxygens (including phenoxy) is 1. The second-order valence-electron chi connectivity index (χ2n) is 2.94. The second-order valence-corrected chi connectivity index (χ2v) is 3.21. The normalized spacial score (nSPS) is 10.1. The molecular formula is C10H7ClF2N2O2. The SMILES string of the molecule is COC(=O)c1c(CCl)ncc(C#N)c1C(F)F. The molecule has 0 aliphatic heterocycles. The summed E-state index contributed by atoms with van der Waals surface area (Å²) in [5, 5.41) is 8.70. The lowest BCUT2D eigenvalue weighted by molar-refractivity contribution is 0.0587. The number of halogens is 3. The Balaban J connectivity index is 3.59. The zero-order valence-corrected chi connectivity index (χ0v) is 9.46. The summed E-state index contributed by atoms with van der Waals surface area (Å²) in [6.07, 6.45) is -2.02. The van der Waals surface area contributed by atoms with Gasteiger partial charge in [-0.15, -0.1) is 11.6 Å². The van der Waals surface area contributed by atoms with Gasteiger partial charge in [-0.2, -0.15) is 5.26 Å². The van der Waals surface area contributed by atoms with E-state index in [0.717, 1.165) is 13.3 Å². The van der Waals surface area contributed by atoms with Gasteiger partial charge in [-0.3, -0.25) is 4.98 Å². The number of hydrogen-bond donors (Lipinski definition) is 0. The molecule has 17 heavy (non-hydrogen) atoms. The molecule has 0 bridgehead atoms. The van der Waals surface area contributed by atoms with Gasteiger partial charge in [0.2, 0.25) is 0 Å². The first-order chi connectivity index (χ1) is 8.06. The molecule has 0 saturated carbocycles. The number of esters is 1. The first-order valence-electron chi connectivity index (χ1n) is 4.41. The van der Waals surface area contributed by atoms with E-state index in [-0.39, 0.29) is 17.1 Å². The molecule has 90 valence electrons. The monoisotopic (exact) mass is 260 g/mol. The van der Waals surface area contributed by atoms with Crippen molar-refractivity contribution in [2.24, 2.45) is 0 Å². The third-order valence-electron chi connectivity index (χ3n) is 2.05. The van der Waals surface area contributed by atoms with Crippen LogP contribution in [0.5, 0.6) is 0 Å². The lowest BCUT2D eigenvalue weighted by atomic mass is 10.0. The van der Waals surface area contributed by atoms with Crippen LogP contribution in [0.25, 0.3) is 0 Å². The van der Waals surface area contributed by atoms with Crippen LogP contribution in [-0.4, -0.2) is 18.1 Å². The number of carbonyl (C=O) groups excluding carboxylic acids is 1. The van der Waals surface area contributed by atoms with E-state index in [1.807, 2.05) is 0 Å². The quantitative estimate of drug-likeness (QED) is 0.618. The number of methoxy groups -OCH3 is 1. The van der Waals surface area contributed by atoms with Crippen LogP contribution in [0.3, 0.4) is 0 Å².